The summed E-state index contributed by atoms with van der Waals surface area (Å²) in [5.41, 5.74) is 5.56. The minimum absolute atomic E-state index is 0.0104. The average Bonchev–Trinajstić information content (AvgIpc) is 2.21. The topological polar surface area (TPSA) is 82.3 Å². The van der Waals surface area contributed by atoms with Crippen LogP contribution in [0.15, 0.2) is 17.2 Å². The molecular formula is C9H14N2O3S. The van der Waals surface area contributed by atoms with Crippen molar-refractivity contribution in [2.75, 3.05) is 18.1 Å². The Kier molecular flexibility index (Phi) is 3.52. The lowest BCUT2D eigenvalue weighted by Gasteiger charge is -2.10. The number of aromatic nitrogens is 1. The summed E-state index contributed by atoms with van der Waals surface area (Å²) in [5.74, 6) is 0.268. The number of sulfone groups is 1. The number of nitrogens with two attached hydrogens (primary N) is 1. The molecule has 0 amide bonds. The van der Waals surface area contributed by atoms with E-state index in [-0.39, 0.29) is 22.2 Å². The van der Waals surface area contributed by atoms with Crippen LogP contribution in [0.2, 0.25) is 0 Å². The lowest BCUT2D eigenvalue weighted by atomic mass is 10.4. The van der Waals surface area contributed by atoms with Crippen molar-refractivity contribution in [3.8, 4) is 5.75 Å². The Hall–Kier alpha value is -1.30. The van der Waals surface area contributed by atoms with Crippen LogP contribution in [0.1, 0.15) is 13.8 Å². The van der Waals surface area contributed by atoms with Gasteiger partial charge in [0.15, 0.2) is 21.4 Å². The van der Waals surface area contributed by atoms with Gasteiger partial charge in [-0.3, -0.25) is 0 Å². The minimum Gasteiger partial charge on any atom is -0.489 e. The molecular weight excluding hydrogens is 216 g/mol. The lowest BCUT2D eigenvalue weighted by Crippen LogP contribution is -2.09. The highest BCUT2D eigenvalue weighted by atomic mass is 32.2. The van der Waals surface area contributed by atoms with Crippen molar-refractivity contribution in [2.45, 2.75) is 18.7 Å². The van der Waals surface area contributed by atoms with E-state index in [9.17, 15) is 8.42 Å². The van der Waals surface area contributed by atoms with E-state index in [1.807, 2.05) is 0 Å². The van der Waals surface area contributed by atoms with Crippen LogP contribution in [0.4, 0.5) is 5.82 Å². The lowest BCUT2D eigenvalue weighted by molar-refractivity contribution is 0.332. The zero-order valence-corrected chi connectivity index (χ0v) is 9.54. The van der Waals surface area contributed by atoms with Crippen molar-refractivity contribution in [1.82, 2.24) is 4.98 Å². The Labute approximate surface area is 89.2 Å². The Morgan fingerprint density at radius 1 is 1.47 bits per heavy atom. The fourth-order valence-corrected chi connectivity index (χ4v) is 2.16. The van der Waals surface area contributed by atoms with Gasteiger partial charge >= 0.3 is 0 Å². The van der Waals surface area contributed by atoms with Crippen molar-refractivity contribution >= 4 is 15.7 Å². The van der Waals surface area contributed by atoms with Crippen molar-refractivity contribution in [1.29, 1.82) is 0 Å². The number of anilines is 1. The molecule has 1 aromatic rings. The number of nitrogens with zero attached hydrogens (tertiary/aromatic N) is 1. The summed E-state index contributed by atoms with van der Waals surface area (Å²) in [7, 11) is -3.32. The molecule has 1 heterocycles. The van der Waals surface area contributed by atoms with E-state index in [1.54, 1.807) is 13.8 Å². The highest BCUT2D eigenvalue weighted by molar-refractivity contribution is 7.91. The van der Waals surface area contributed by atoms with E-state index in [0.717, 1.165) is 0 Å². The van der Waals surface area contributed by atoms with Gasteiger partial charge in [-0.2, -0.15) is 0 Å². The van der Waals surface area contributed by atoms with E-state index in [0.29, 0.717) is 6.61 Å². The normalized spacial score (nSPS) is 11.3. The molecule has 0 aliphatic rings. The van der Waals surface area contributed by atoms with E-state index < -0.39 is 9.84 Å². The van der Waals surface area contributed by atoms with Gasteiger partial charge in [0.25, 0.3) is 0 Å². The molecule has 0 aromatic carbocycles. The number of pyridine rings is 1. The van der Waals surface area contributed by atoms with Crippen LogP contribution in [-0.2, 0) is 9.84 Å². The second-order valence-corrected chi connectivity index (χ2v) is 5.11. The van der Waals surface area contributed by atoms with Crippen molar-refractivity contribution < 1.29 is 13.2 Å². The van der Waals surface area contributed by atoms with Crippen LogP contribution in [0.3, 0.4) is 0 Å². The Morgan fingerprint density at radius 3 is 2.67 bits per heavy atom. The molecule has 1 aromatic heterocycles. The molecule has 0 saturated carbocycles. The standard InChI is InChI=1S/C9H14N2O3S/c1-3-14-8-7(15(12,13)4-2)5-6-11-9(8)10/h5-6H,3-4H2,1-2H3,(H2,10,11). The molecule has 84 valence electrons. The molecule has 5 nitrogen and oxygen atoms in total. The Morgan fingerprint density at radius 2 is 2.13 bits per heavy atom. The van der Waals surface area contributed by atoms with Crippen molar-refractivity contribution in [3.63, 3.8) is 0 Å². The van der Waals surface area contributed by atoms with E-state index in [1.165, 1.54) is 12.3 Å². The van der Waals surface area contributed by atoms with Gasteiger partial charge in [0.2, 0.25) is 0 Å². The smallest absolute Gasteiger partial charge is 0.181 e. The molecule has 0 aliphatic carbocycles. The predicted molar refractivity (Wildman–Crippen MR) is 57.5 cm³/mol. The van der Waals surface area contributed by atoms with Crippen LogP contribution in [-0.4, -0.2) is 25.8 Å². The molecule has 0 radical (unpaired) electrons. The second-order valence-electron chi connectivity index (χ2n) is 2.86. The van der Waals surface area contributed by atoms with Crippen LogP contribution in [0.5, 0.6) is 5.75 Å². The first kappa shape index (κ1) is 11.8. The first-order valence-corrected chi connectivity index (χ1v) is 6.28. The summed E-state index contributed by atoms with van der Waals surface area (Å²) in [5, 5.41) is 0. The first-order valence-electron chi connectivity index (χ1n) is 4.63. The third kappa shape index (κ3) is 2.38. The van der Waals surface area contributed by atoms with Gasteiger partial charge in [-0.05, 0) is 13.0 Å². The van der Waals surface area contributed by atoms with E-state index in [2.05, 4.69) is 4.98 Å². The summed E-state index contributed by atoms with van der Waals surface area (Å²) in [6.07, 6.45) is 1.36. The molecule has 0 fully saturated rings. The third-order valence-corrected chi connectivity index (χ3v) is 3.65. The average molecular weight is 230 g/mol. The molecule has 0 saturated heterocycles. The third-order valence-electron chi connectivity index (χ3n) is 1.90. The number of nitrogen functional groups attached to an aromatic ring is 1. The molecule has 1 rings (SSSR count). The fraction of sp³-hybridized carbons (Fsp3) is 0.444. The fourth-order valence-electron chi connectivity index (χ4n) is 1.14. The Balaban J connectivity index is 3.35. The van der Waals surface area contributed by atoms with Crippen molar-refractivity contribution in [2.24, 2.45) is 0 Å². The maximum Gasteiger partial charge on any atom is 0.181 e. The highest BCUT2D eigenvalue weighted by Gasteiger charge is 2.20. The summed E-state index contributed by atoms with van der Waals surface area (Å²) in [6, 6.07) is 1.40. The number of rotatable bonds is 4. The van der Waals surface area contributed by atoms with Crippen LogP contribution < -0.4 is 10.5 Å². The summed E-state index contributed by atoms with van der Waals surface area (Å²) in [4.78, 5) is 3.91. The molecule has 15 heavy (non-hydrogen) atoms. The minimum atomic E-state index is -3.32. The molecule has 0 aliphatic heterocycles. The maximum absolute atomic E-state index is 11.7. The summed E-state index contributed by atoms with van der Waals surface area (Å²) in [6.45, 7) is 3.68. The Bertz CT molecular complexity index is 443. The van der Waals surface area contributed by atoms with Gasteiger partial charge in [0, 0.05) is 6.20 Å². The second kappa shape index (κ2) is 4.48. The molecule has 0 spiro atoms. The maximum atomic E-state index is 11.7. The summed E-state index contributed by atoms with van der Waals surface area (Å²) < 4.78 is 28.6. The zero-order chi connectivity index (χ0) is 11.5. The molecule has 0 unspecified atom stereocenters. The van der Waals surface area contributed by atoms with Gasteiger partial charge in [-0.1, -0.05) is 6.92 Å². The number of hydrogen-bond donors (Lipinski definition) is 1. The molecule has 6 heteroatoms. The van der Waals surface area contributed by atoms with Crippen LogP contribution in [0.25, 0.3) is 0 Å². The van der Waals surface area contributed by atoms with Crippen LogP contribution in [0, 0.1) is 0 Å². The van der Waals surface area contributed by atoms with Gasteiger partial charge < -0.3 is 10.5 Å². The van der Waals surface area contributed by atoms with E-state index in [4.69, 9.17) is 10.5 Å². The highest BCUT2D eigenvalue weighted by Crippen LogP contribution is 2.28. The quantitative estimate of drug-likeness (QED) is 0.829. The van der Waals surface area contributed by atoms with Gasteiger partial charge in [0.1, 0.15) is 4.90 Å². The molecule has 2 N–H and O–H groups in total. The van der Waals surface area contributed by atoms with Gasteiger partial charge in [-0.25, -0.2) is 13.4 Å². The number of ether oxygens (including phenoxy) is 1. The number of hydrogen-bond acceptors (Lipinski definition) is 5. The zero-order valence-electron chi connectivity index (χ0n) is 8.73. The monoisotopic (exact) mass is 230 g/mol. The SMILES string of the molecule is CCOc1c(S(=O)(=O)CC)ccnc1N. The van der Waals surface area contributed by atoms with Gasteiger partial charge in [-0.15, -0.1) is 0 Å². The largest absolute Gasteiger partial charge is 0.489 e. The summed E-state index contributed by atoms with van der Waals surface area (Å²) >= 11 is 0. The van der Waals surface area contributed by atoms with E-state index >= 15 is 0 Å². The van der Waals surface area contributed by atoms with Gasteiger partial charge in [0.05, 0.1) is 12.4 Å². The molecule has 0 bridgehead atoms. The van der Waals surface area contributed by atoms with Crippen molar-refractivity contribution in [3.05, 3.63) is 12.3 Å². The molecule has 0 atom stereocenters. The first-order chi connectivity index (χ1) is 7.03. The van der Waals surface area contributed by atoms with Crippen LogP contribution >= 0.6 is 0 Å². The predicted octanol–water partition coefficient (Wildman–Crippen LogP) is 0.856.